The zero-order valence-corrected chi connectivity index (χ0v) is 11.2. The first-order chi connectivity index (χ1) is 6.98. The summed E-state index contributed by atoms with van der Waals surface area (Å²) < 4.78 is 1.19. The van der Waals surface area contributed by atoms with Crippen LogP contribution in [0.2, 0.25) is 0 Å². The number of hydrogen-bond donors (Lipinski definition) is 1. The third-order valence-electron chi connectivity index (χ3n) is 3.17. The molecule has 0 bridgehead atoms. The molecular formula is C13H18BrN. The fourth-order valence-electron chi connectivity index (χ4n) is 2.13. The monoisotopic (exact) mass is 267 g/mol. The standard InChI is InChI=1S/C13H18BrN/c1-13(2,3)11-8-7-9-5-4-6-10(14)12(9)15-11/h4-6,11,15H,7-8H2,1-3H3. The Kier molecular flexibility index (Phi) is 2.80. The molecule has 1 nitrogen and oxygen atoms in total. The van der Waals surface area contributed by atoms with E-state index < -0.39 is 0 Å². The second-order valence-electron chi connectivity index (χ2n) is 5.38. The van der Waals surface area contributed by atoms with Gasteiger partial charge in [-0.05, 0) is 45.8 Å². The zero-order chi connectivity index (χ0) is 11.1. The van der Waals surface area contributed by atoms with Gasteiger partial charge in [0.15, 0.2) is 0 Å². The van der Waals surface area contributed by atoms with Crippen LogP contribution in [0.1, 0.15) is 32.8 Å². The summed E-state index contributed by atoms with van der Waals surface area (Å²) in [5, 5.41) is 3.66. The van der Waals surface area contributed by atoms with Gasteiger partial charge >= 0.3 is 0 Å². The van der Waals surface area contributed by atoms with E-state index in [-0.39, 0.29) is 0 Å². The largest absolute Gasteiger partial charge is 0.381 e. The van der Waals surface area contributed by atoms with Crippen LogP contribution in [0.15, 0.2) is 22.7 Å². The summed E-state index contributed by atoms with van der Waals surface area (Å²) in [7, 11) is 0. The van der Waals surface area contributed by atoms with Gasteiger partial charge in [-0.3, -0.25) is 0 Å². The maximum atomic E-state index is 3.66. The van der Waals surface area contributed by atoms with Crippen molar-refractivity contribution in [3.63, 3.8) is 0 Å². The summed E-state index contributed by atoms with van der Waals surface area (Å²) in [5.74, 6) is 0. The van der Waals surface area contributed by atoms with E-state index in [1.165, 1.54) is 28.6 Å². The minimum atomic E-state index is 0.326. The second-order valence-corrected chi connectivity index (χ2v) is 6.23. The number of hydrogen-bond acceptors (Lipinski definition) is 1. The average Bonchev–Trinajstić information content (AvgIpc) is 2.16. The summed E-state index contributed by atoms with van der Waals surface area (Å²) in [5.41, 5.74) is 3.06. The van der Waals surface area contributed by atoms with E-state index in [1.54, 1.807) is 0 Å². The number of nitrogens with one attached hydrogen (secondary N) is 1. The molecule has 1 atom stereocenters. The van der Waals surface area contributed by atoms with Gasteiger partial charge in [0.2, 0.25) is 0 Å². The first-order valence-electron chi connectivity index (χ1n) is 5.52. The Bertz CT molecular complexity index is 365. The van der Waals surface area contributed by atoms with Crippen molar-refractivity contribution in [1.29, 1.82) is 0 Å². The topological polar surface area (TPSA) is 12.0 Å². The second kappa shape index (κ2) is 3.82. The lowest BCUT2D eigenvalue weighted by Gasteiger charge is -2.37. The van der Waals surface area contributed by atoms with Gasteiger partial charge in [0.25, 0.3) is 0 Å². The van der Waals surface area contributed by atoms with Crippen molar-refractivity contribution in [3.05, 3.63) is 28.2 Å². The molecule has 1 heterocycles. The quantitative estimate of drug-likeness (QED) is 0.742. The van der Waals surface area contributed by atoms with Crippen LogP contribution in [0.25, 0.3) is 0 Å². The smallest absolute Gasteiger partial charge is 0.0519 e. The highest BCUT2D eigenvalue weighted by atomic mass is 79.9. The highest BCUT2D eigenvalue weighted by Gasteiger charge is 2.28. The van der Waals surface area contributed by atoms with E-state index in [2.05, 4.69) is 60.2 Å². The molecule has 0 fully saturated rings. The molecule has 1 aromatic rings. The molecule has 0 aliphatic carbocycles. The summed E-state index contributed by atoms with van der Waals surface area (Å²) >= 11 is 3.61. The molecule has 2 rings (SSSR count). The third kappa shape index (κ3) is 2.20. The number of aryl methyl sites for hydroxylation is 1. The van der Waals surface area contributed by atoms with Crippen LogP contribution < -0.4 is 5.32 Å². The zero-order valence-electron chi connectivity index (χ0n) is 9.60. The van der Waals surface area contributed by atoms with Gasteiger partial charge in [-0.25, -0.2) is 0 Å². The molecule has 1 aromatic carbocycles. The highest BCUT2D eigenvalue weighted by molar-refractivity contribution is 9.10. The molecule has 82 valence electrons. The van der Waals surface area contributed by atoms with Crippen molar-refractivity contribution < 1.29 is 0 Å². The molecule has 1 N–H and O–H groups in total. The molecule has 1 aliphatic rings. The number of fused-ring (bicyclic) bond motifs is 1. The predicted molar refractivity (Wildman–Crippen MR) is 69.3 cm³/mol. The minimum Gasteiger partial charge on any atom is -0.381 e. The first kappa shape index (κ1) is 11.0. The Morgan fingerprint density at radius 1 is 1.33 bits per heavy atom. The third-order valence-corrected chi connectivity index (χ3v) is 3.83. The number of halogens is 1. The predicted octanol–water partition coefficient (Wildman–Crippen LogP) is 4.22. The Morgan fingerprint density at radius 3 is 2.73 bits per heavy atom. The summed E-state index contributed by atoms with van der Waals surface area (Å²) in [6, 6.07) is 7.01. The maximum Gasteiger partial charge on any atom is 0.0519 e. The maximum absolute atomic E-state index is 3.66. The molecule has 1 unspecified atom stereocenters. The van der Waals surface area contributed by atoms with Crippen LogP contribution in [-0.2, 0) is 6.42 Å². The SMILES string of the molecule is CC(C)(C)C1CCc2cccc(Br)c2N1. The van der Waals surface area contributed by atoms with E-state index in [1.807, 2.05) is 0 Å². The molecule has 2 heteroatoms. The van der Waals surface area contributed by atoms with Gasteiger partial charge in [0.05, 0.1) is 5.69 Å². The average molecular weight is 268 g/mol. The number of rotatable bonds is 0. The van der Waals surface area contributed by atoms with Crippen molar-refractivity contribution in [1.82, 2.24) is 0 Å². The van der Waals surface area contributed by atoms with E-state index in [9.17, 15) is 0 Å². The molecule has 0 amide bonds. The van der Waals surface area contributed by atoms with Crippen molar-refractivity contribution >= 4 is 21.6 Å². The fourth-order valence-corrected chi connectivity index (χ4v) is 2.66. The van der Waals surface area contributed by atoms with Crippen LogP contribution >= 0.6 is 15.9 Å². The molecular weight excluding hydrogens is 250 g/mol. The summed E-state index contributed by atoms with van der Waals surface area (Å²) in [4.78, 5) is 0. The molecule has 1 aliphatic heterocycles. The lowest BCUT2D eigenvalue weighted by Crippen LogP contribution is -2.37. The molecule has 0 aromatic heterocycles. The van der Waals surface area contributed by atoms with Crippen molar-refractivity contribution in [2.45, 2.75) is 39.7 Å². The first-order valence-corrected chi connectivity index (χ1v) is 6.32. The Hall–Kier alpha value is -0.500. The van der Waals surface area contributed by atoms with E-state index in [0.29, 0.717) is 11.5 Å². The lowest BCUT2D eigenvalue weighted by atomic mass is 9.81. The highest BCUT2D eigenvalue weighted by Crippen LogP contribution is 2.36. The molecule has 0 radical (unpaired) electrons. The summed E-state index contributed by atoms with van der Waals surface area (Å²) in [6.07, 6.45) is 2.41. The normalized spacial score (nSPS) is 20.7. The van der Waals surface area contributed by atoms with E-state index in [0.717, 1.165) is 0 Å². The van der Waals surface area contributed by atoms with Crippen LogP contribution in [0, 0.1) is 5.41 Å². The molecule has 15 heavy (non-hydrogen) atoms. The minimum absolute atomic E-state index is 0.326. The number of para-hydroxylation sites is 1. The van der Waals surface area contributed by atoms with Gasteiger partial charge < -0.3 is 5.32 Å². The van der Waals surface area contributed by atoms with Crippen LogP contribution in [0.5, 0.6) is 0 Å². The van der Waals surface area contributed by atoms with Crippen LogP contribution in [0.3, 0.4) is 0 Å². The van der Waals surface area contributed by atoms with E-state index >= 15 is 0 Å². The molecule has 0 saturated heterocycles. The molecule has 0 spiro atoms. The molecule has 0 saturated carbocycles. The Morgan fingerprint density at radius 2 is 2.07 bits per heavy atom. The van der Waals surface area contributed by atoms with Crippen LogP contribution in [-0.4, -0.2) is 6.04 Å². The van der Waals surface area contributed by atoms with Gasteiger partial charge in [0.1, 0.15) is 0 Å². The van der Waals surface area contributed by atoms with Crippen molar-refractivity contribution in [3.8, 4) is 0 Å². The van der Waals surface area contributed by atoms with Crippen molar-refractivity contribution in [2.75, 3.05) is 5.32 Å². The van der Waals surface area contributed by atoms with Gasteiger partial charge in [-0.2, -0.15) is 0 Å². The van der Waals surface area contributed by atoms with Gasteiger partial charge in [0, 0.05) is 10.5 Å². The van der Waals surface area contributed by atoms with Gasteiger partial charge in [-0.1, -0.05) is 32.9 Å². The summed E-state index contributed by atoms with van der Waals surface area (Å²) in [6.45, 7) is 6.89. The van der Waals surface area contributed by atoms with Crippen LogP contribution in [0.4, 0.5) is 5.69 Å². The fraction of sp³-hybridized carbons (Fsp3) is 0.538. The Labute approximate surface area is 100 Å². The van der Waals surface area contributed by atoms with E-state index in [4.69, 9.17) is 0 Å². The van der Waals surface area contributed by atoms with Crippen molar-refractivity contribution in [2.24, 2.45) is 5.41 Å². The lowest BCUT2D eigenvalue weighted by molar-refractivity contribution is 0.321. The number of anilines is 1. The number of benzene rings is 1. The van der Waals surface area contributed by atoms with Gasteiger partial charge in [-0.15, -0.1) is 0 Å². The Balaban J connectivity index is 2.30.